The third-order valence-corrected chi connectivity index (χ3v) is 5.49. The molecule has 2 atom stereocenters. The number of carbonyl (C=O) groups excluding carboxylic acids is 1. The van der Waals surface area contributed by atoms with Gasteiger partial charge in [-0.25, -0.2) is 0 Å². The summed E-state index contributed by atoms with van der Waals surface area (Å²) in [5, 5.41) is 0. The second-order valence-corrected chi connectivity index (χ2v) is 7.58. The molecule has 1 saturated carbocycles. The lowest BCUT2D eigenvalue weighted by atomic mass is 9.91. The Kier molecular flexibility index (Phi) is 5.37. The van der Waals surface area contributed by atoms with Gasteiger partial charge in [-0.15, -0.1) is 0 Å². The van der Waals surface area contributed by atoms with Crippen LogP contribution in [0.2, 0.25) is 0 Å². The molecule has 2 aliphatic heterocycles. The lowest BCUT2D eigenvalue weighted by Crippen LogP contribution is -2.48. The fourth-order valence-corrected chi connectivity index (χ4v) is 3.93. The van der Waals surface area contributed by atoms with Gasteiger partial charge >= 0.3 is 0 Å². The van der Waals surface area contributed by atoms with Gasteiger partial charge in [0, 0.05) is 39.4 Å². The third kappa shape index (κ3) is 4.21. The van der Waals surface area contributed by atoms with E-state index in [-0.39, 0.29) is 11.9 Å². The van der Waals surface area contributed by atoms with Crippen molar-refractivity contribution in [3.05, 3.63) is 0 Å². The van der Waals surface area contributed by atoms with Crippen molar-refractivity contribution in [2.75, 3.05) is 46.4 Å². The number of hydrogen-bond acceptors (Lipinski definition) is 4. The highest BCUT2D eigenvalue weighted by Crippen LogP contribution is 2.30. The van der Waals surface area contributed by atoms with E-state index in [0.29, 0.717) is 11.8 Å². The van der Waals surface area contributed by atoms with Crippen LogP contribution >= 0.6 is 0 Å². The molecule has 0 spiro atoms. The highest BCUT2D eigenvalue weighted by Gasteiger charge is 2.34. The third-order valence-electron chi connectivity index (χ3n) is 5.49. The molecular weight excluding hydrogens is 278 g/mol. The molecule has 2 N–H and O–H groups in total. The van der Waals surface area contributed by atoms with Gasteiger partial charge in [-0.1, -0.05) is 0 Å². The minimum atomic E-state index is -0.327. The maximum absolute atomic E-state index is 12.6. The molecule has 1 aliphatic carbocycles. The first kappa shape index (κ1) is 16.2. The first-order chi connectivity index (χ1) is 10.6. The first-order valence-electron chi connectivity index (χ1n) is 8.94. The quantitative estimate of drug-likeness (QED) is 0.793. The van der Waals surface area contributed by atoms with Gasteiger partial charge in [0.15, 0.2) is 0 Å². The smallest absolute Gasteiger partial charge is 0.239 e. The Balaban J connectivity index is 1.43. The Morgan fingerprint density at radius 3 is 2.55 bits per heavy atom. The van der Waals surface area contributed by atoms with Crippen molar-refractivity contribution in [1.82, 2.24) is 9.80 Å². The average molecular weight is 309 g/mol. The number of nitrogens with zero attached hydrogens (tertiary/aromatic N) is 2. The standard InChI is InChI=1S/C17H31N3O2/c1-19(10-13-2-3-13)11-14-4-7-20(12-14)17(21)16(18)15-5-8-22-9-6-15/h13-16H,2-12,18H2,1H3. The van der Waals surface area contributed by atoms with Crippen LogP contribution in [-0.4, -0.2) is 68.2 Å². The lowest BCUT2D eigenvalue weighted by molar-refractivity contribution is -0.133. The van der Waals surface area contributed by atoms with Crippen molar-refractivity contribution in [1.29, 1.82) is 0 Å². The van der Waals surface area contributed by atoms with Crippen LogP contribution in [0.5, 0.6) is 0 Å². The Labute approximate surface area is 134 Å². The largest absolute Gasteiger partial charge is 0.381 e. The number of ether oxygens (including phenoxy) is 1. The highest BCUT2D eigenvalue weighted by molar-refractivity contribution is 5.82. The van der Waals surface area contributed by atoms with Crippen LogP contribution in [0.3, 0.4) is 0 Å². The van der Waals surface area contributed by atoms with E-state index in [0.717, 1.165) is 58.0 Å². The summed E-state index contributed by atoms with van der Waals surface area (Å²) in [6.45, 7) is 5.63. The minimum absolute atomic E-state index is 0.166. The fraction of sp³-hybridized carbons (Fsp3) is 0.941. The van der Waals surface area contributed by atoms with Crippen molar-refractivity contribution < 1.29 is 9.53 Å². The van der Waals surface area contributed by atoms with E-state index in [1.165, 1.54) is 19.4 Å². The second kappa shape index (κ2) is 7.28. The zero-order chi connectivity index (χ0) is 15.5. The molecule has 0 aromatic rings. The van der Waals surface area contributed by atoms with Crippen LogP contribution in [0.4, 0.5) is 0 Å². The molecule has 3 fully saturated rings. The van der Waals surface area contributed by atoms with Gasteiger partial charge in [-0.05, 0) is 56.9 Å². The highest BCUT2D eigenvalue weighted by atomic mass is 16.5. The first-order valence-corrected chi connectivity index (χ1v) is 8.94. The molecule has 2 unspecified atom stereocenters. The Hall–Kier alpha value is -0.650. The molecule has 3 rings (SSSR count). The molecule has 2 saturated heterocycles. The maximum atomic E-state index is 12.6. The van der Waals surface area contributed by atoms with E-state index >= 15 is 0 Å². The fourth-order valence-electron chi connectivity index (χ4n) is 3.93. The van der Waals surface area contributed by atoms with Crippen LogP contribution in [0.1, 0.15) is 32.1 Å². The van der Waals surface area contributed by atoms with E-state index in [4.69, 9.17) is 10.5 Å². The summed E-state index contributed by atoms with van der Waals surface area (Å²) in [7, 11) is 2.22. The Bertz CT molecular complexity index is 380. The molecule has 5 heteroatoms. The number of hydrogen-bond donors (Lipinski definition) is 1. The monoisotopic (exact) mass is 309 g/mol. The van der Waals surface area contributed by atoms with Crippen LogP contribution in [0.25, 0.3) is 0 Å². The van der Waals surface area contributed by atoms with Gasteiger partial charge < -0.3 is 20.3 Å². The van der Waals surface area contributed by atoms with Gasteiger partial charge in [0.05, 0.1) is 6.04 Å². The van der Waals surface area contributed by atoms with Crippen LogP contribution in [0, 0.1) is 17.8 Å². The van der Waals surface area contributed by atoms with Crippen molar-refractivity contribution >= 4 is 5.91 Å². The topological polar surface area (TPSA) is 58.8 Å². The number of likely N-dealkylation sites (tertiary alicyclic amines) is 1. The van der Waals surface area contributed by atoms with Crippen molar-refractivity contribution in [3.63, 3.8) is 0 Å². The molecule has 5 nitrogen and oxygen atoms in total. The SMILES string of the molecule is CN(CC1CC1)CC1CCN(C(=O)C(N)C2CCOCC2)C1. The maximum Gasteiger partial charge on any atom is 0.239 e. The van der Waals surface area contributed by atoms with Gasteiger partial charge in [0.1, 0.15) is 0 Å². The number of amides is 1. The second-order valence-electron chi connectivity index (χ2n) is 7.58. The molecule has 0 radical (unpaired) electrons. The summed E-state index contributed by atoms with van der Waals surface area (Å²) in [5.41, 5.74) is 6.24. The summed E-state index contributed by atoms with van der Waals surface area (Å²) in [4.78, 5) is 17.1. The molecule has 1 amide bonds. The molecule has 126 valence electrons. The summed E-state index contributed by atoms with van der Waals surface area (Å²) < 4.78 is 5.37. The molecule has 0 aromatic heterocycles. The van der Waals surface area contributed by atoms with E-state index < -0.39 is 0 Å². The van der Waals surface area contributed by atoms with Crippen molar-refractivity contribution in [3.8, 4) is 0 Å². The van der Waals surface area contributed by atoms with E-state index in [1.54, 1.807) is 0 Å². The summed E-state index contributed by atoms with van der Waals surface area (Å²) in [6.07, 6.45) is 5.78. The summed E-state index contributed by atoms with van der Waals surface area (Å²) >= 11 is 0. The Morgan fingerprint density at radius 2 is 1.86 bits per heavy atom. The number of rotatable bonds is 6. The van der Waals surface area contributed by atoms with Crippen LogP contribution in [-0.2, 0) is 9.53 Å². The molecule has 22 heavy (non-hydrogen) atoms. The predicted molar refractivity (Wildman–Crippen MR) is 86.4 cm³/mol. The molecule has 3 aliphatic rings. The normalized spacial score (nSPS) is 28.3. The van der Waals surface area contributed by atoms with E-state index in [1.807, 2.05) is 4.90 Å². The Morgan fingerprint density at radius 1 is 1.18 bits per heavy atom. The number of carbonyl (C=O) groups is 1. The van der Waals surface area contributed by atoms with Crippen molar-refractivity contribution in [2.45, 2.75) is 38.1 Å². The predicted octanol–water partition coefficient (Wildman–Crippen LogP) is 0.931. The molecule has 0 bridgehead atoms. The molecule has 0 aromatic carbocycles. The van der Waals surface area contributed by atoms with Gasteiger partial charge in [0.25, 0.3) is 0 Å². The number of nitrogens with two attached hydrogens (primary N) is 1. The van der Waals surface area contributed by atoms with Crippen LogP contribution < -0.4 is 5.73 Å². The molecular formula is C17H31N3O2. The zero-order valence-corrected chi connectivity index (χ0v) is 13.9. The summed E-state index contributed by atoms with van der Waals surface area (Å²) in [5.74, 6) is 2.03. The van der Waals surface area contributed by atoms with E-state index in [2.05, 4.69) is 11.9 Å². The van der Waals surface area contributed by atoms with Crippen molar-refractivity contribution in [2.24, 2.45) is 23.5 Å². The van der Waals surface area contributed by atoms with Crippen LogP contribution in [0.15, 0.2) is 0 Å². The molecule has 2 heterocycles. The lowest BCUT2D eigenvalue weighted by Gasteiger charge is -2.30. The summed E-state index contributed by atoms with van der Waals surface area (Å²) in [6, 6.07) is -0.327. The van der Waals surface area contributed by atoms with Gasteiger partial charge in [-0.3, -0.25) is 4.79 Å². The average Bonchev–Trinajstić information content (AvgIpc) is 3.22. The van der Waals surface area contributed by atoms with Gasteiger partial charge in [0.2, 0.25) is 5.91 Å². The van der Waals surface area contributed by atoms with E-state index in [9.17, 15) is 4.79 Å². The minimum Gasteiger partial charge on any atom is -0.381 e. The van der Waals surface area contributed by atoms with Gasteiger partial charge in [-0.2, -0.15) is 0 Å². The zero-order valence-electron chi connectivity index (χ0n) is 13.9.